The molecule has 6 nitrogen and oxygen atoms in total. The maximum absolute atomic E-state index is 10.7. The minimum Gasteiger partial charge on any atom is -0.550 e. The third-order valence-electron chi connectivity index (χ3n) is 3.65. The SMILES string of the molecule is CC(=O)O.CCCCCCCCCCCCC(CC(=O)[O-])C(=O)[O-].[Na+].[Na+]. The minimum atomic E-state index is -1.31. The first-order chi connectivity index (χ1) is 11.3. The number of hydrogen-bond donors (Lipinski definition) is 1. The first-order valence-corrected chi connectivity index (χ1v) is 8.91. The van der Waals surface area contributed by atoms with E-state index in [2.05, 4.69) is 6.92 Å². The number of rotatable bonds is 14. The van der Waals surface area contributed by atoms with Crippen LogP contribution in [-0.2, 0) is 14.4 Å². The molecule has 0 amide bonds. The van der Waals surface area contributed by atoms with Gasteiger partial charge in [0.25, 0.3) is 5.97 Å². The first kappa shape index (κ1) is 34.0. The number of carbonyl (C=O) groups is 3. The van der Waals surface area contributed by atoms with Gasteiger partial charge in [-0.3, -0.25) is 4.79 Å². The van der Waals surface area contributed by atoms with Crippen molar-refractivity contribution in [2.45, 2.75) is 90.9 Å². The van der Waals surface area contributed by atoms with Gasteiger partial charge >= 0.3 is 59.1 Å². The number of aliphatic carboxylic acids is 3. The summed E-state index contributed by atoms with van der Waals surface area (Å²) in [5, 5.41) is 28.5. The molecule has 0 aromatic rings. The van der Waals surface area contributed by atoms with Crippen molar-refractivity contribution in [2.24, 2.45) is 5.92 Å². The Labute approximate surface area is 202 Å². The van der Waals surface area contributed by atoms with Gasteiger partial charge in [-0.2, -0.15) is 0 Å². The summed E-state index contributed by atoms with van der Waals surface area (Å²) in [6, 6.07) is 0. The second-order valence-electron chi connectivity index (χ2n) is 6.08. The average Bonchev–Trinajstić information content (AvgIpc) is 2.46. The summed E-state index contributed by atoms with van der Waals surface area (Å²) in [7, 11) is 0. The smallest absolute Gasteiger partial charge is 0.550 e. The molecule has 142 valence electrons. The molecule has 0 saturated carbocycles. The molecule has 1 unspecified atom stereocenters. The molecule has 0 heterocycles. The average molecular weight is 390 g/mol. The van der Waals surface area contributed by atoms with Crippen LogP contribution in [-0.4, -0.2) is 23.0 Å². The predicted octanol–water partition coefficient (Wildman–Crippen LogP) is -4.10. The summed E-state index contributed by atoms with van der Waals surface area (Å²) >= 11 is 0. The molecular weight excluding hydrogens is 358 g/mol. The van der Waals surface area contributed by atoms with Gasteiger partial charge in [-0.1, -0.05) is 71.1 Å². The van der Waals surface area contributed by atoms with Gasteiger partial charge in [-0.25, -0.2) is 0 Å². The van der Waals surface area contributed by atoms with Crippen molar-refractivity contribution in [3.05, 3.63) is 0 Å². The van der Waals surface area contributed by atoms with Crippen molar-refractivity contribution in [1.82, 2.24) is 0 Å². The Bertz CT molecular complexity index is 347. The second kappa shape index (κ2) is 25.4. The van der Waals surface area contributed by atoms with E-state index in [9.17, 15) is 19.8 Å². The van der Waals surface area contributed by atoms with Crippen LogP contribution < -0.4 is 69.3 Å². The molecule has 1 N–H and O–H groups in total. The molecule has 0 fully saturated rings. The van der Waals surface area contributed by atoms with Crippen LogP contribution in [0.5, 0.6) is 0 Å². The van der Waals surface area contributed by atoms with E-state index >= 15 is 0 Å². The molecule has 8 heteroatoms. The van der Waals surface area contributed by atoms with Crippen LogP contribution >= 0.6 is 0 Å². The Morgan fingerprint density at radius 2 is 1.15 bits per heavy atom. The van der Waals surface area contributed by atoms with Gasteiger partial charge in [-0.15, -0.1) is 0 Å². The Morgan fingerprint density at radius 1 is 0.808 bits per heavy atom. The van der Waals surface area contributed by atoms with Crippen LogP contribution in [0.3, 0.4) is 0 Å². The fraction of sp³-hybridized carbons (Fsp3) is 0.833. The van der Waals surface area contributed by atoms with E-state index in [0.717, 1.165) is 26.2 Å². The van der Waals surface area contributed by atoms with E-state index in [1.165, 1.54) is 44.9 Å². The van der Waals surface area contributed by atoms with E-state index in [1.807, 2.05) is 0 Å². The van der Waals surface area contributed by atoms with Crippen LogP contribution in [0.25, 0.3) is 0 Å². The molecule has 0 aromatic heterocycles. The van der Waals surface area contributed by atoms with E-state index < -0.39 is 30.2 Å². The normalized spacial score (nSPS) is 10.4. The molecule has 0 aliphatic carbocycles. The van der Waals surface area contributed by atoms with Crippen LogP contribution in [0.2, 0.25) is 0 Å². The molecule has 0 aromatic carbocycles. The largest absolute Gasteiger partial charge is 1.00 e. The summed E-state index contributed by atoms with van der Waals surface area (Å²) in [4.78, 5) is 30.1. The van der Waals surface area contributed by atoms with Gasteiger partial charge in [0.2, 0.25) is 0 Å². The summed E-state index contributed by atoms with van der Waals surface area (Å²) in [5.41, 5.74) is 0. The standard InChI is InChI=1S/C16H30O4.C2H4O2.2Na/c1-2-3-4-5-6-7-8-9-10-11-12-14(16(19)20)13-15(17)18;1-2(3)4;;/h14H,2-13H2,1H3,(H,17,18)(H,19,20);1H3,(H,3,4);;/q;;2*+1/p-2. The van der Waals surface area contributed by atoms with Gasteiger partial charge in [0.15, 0.2) is 0 Å². The van der Waals surface area contributed by atoms with Gasteiger partial charge in [0.05, 0.1) is 0 Å². The molecule has 0 radical (unpaired) electrons. The van der Waals surface area contributed by atoms with Crippen LogP contribution in [0.15, 0.2) is 0 Å². The predicted molar refractivity (Wildman–Crippen MR) is 87.9 cm³/mol. The number of carboxylic acid groups (broad SMARTS) is 3. The number of carboxylic acids is 3. The molecule has 0 rings (SSSR count). The van der Waals surface area contributed by atoms with E-state index in [1.54, 1.807) is 0 Å². The number of carbonyl (C=O) groups excluding carboxylic acids is 2. The zero-order chi connectivity index (χ0) is 18.8. The van der Waals surface area contributed by atoms with Crippen molar-refractivity contribution < 1.29 is 88.8 Å². The van der Waals surface area contributed by atoms with Gasteiger partial charge < -0.3 is 24.9 Å². The van der Waals surface area contributed by atoms with E-state index in [4.69, 9.17) is 9.90 Å². The second-order valence-corrected chi connectivity index (χ2v) is 6.08. The van der Waals surface area contributed by atoms with Gasteiger partial charge in [0.1, 0.15) is 0 Å². The fourth-order valence-electron chi connectivity index (χ4n) is 2.38. The van der Waals surface area contributed by atoms with Gasteiger partial charge in [0, 0.05) is 24.8 Å². The fourth-order valence-corrected chi connectivity index (χ4v) is 2.38. The van der Waals surface area contributed by atoms with Gasteiger partial charge in [-0.05, 0) is 12.8 Å². The summed E-state index contributed by atoms with van der Waals surface area (Å²) < 4.78 is 0. The Hall–Kier alpha value is 0.410. The van der Waals surface area contributed by atoms with E-state index in [0.29, 0.717) is 6.42 Å². The molecular formula is C18H32Na2O6. The zero-order valence-corrected chi connectivity index (χ0v) is 21.1. The molecule has 0 bridgehead atoms. The van der Waals surface area contributed by atoms with Crippen LogP contribution in [0.4, 0.5) is 0 Å². The minimum absolute atomic E-state index is 0. The first-order valence-electron chi connectivity index (χ1n) is 8.91. The Kier molecular flexibility index (Phi) is 33.2. The summed E-state index contributed by atoms with van der Waals surface area (Å²) in [6.07, 6.45) is 11.7. The quantitative estimate of drug-likeness (QED) is 0.238. The molecule has 0 aliphatic rings. The maximum Gasteiger partial charge on any atom is 1.00 e. The zero-order valence-electron chi connectivity index (χ0n) is 17.1. The van der Waals surface area contributed by atoms with Crippen molar-refractivity contribution in [1.29, 1.82) is 0 Å². The summed E-state index contributed by atoms with van der Waals surface area (Å²) in [5.74, 6) is -4.31. The number of unbranched alkanes of at least 4 members (excludes halogenated alkanes) is 9. The van der Waals surface area contributed by atoms with Crippen LogP contribution in [0, 0.1) is 5.92 Å². The maximum atomic E-state index is 10.7. The Balaban J connectivity index is -0.000000363. The van der Waals surface area contributed by atoms with Crippen molar-refractivity contribution >= 4 is 17.9 Å². The van der Waals surface area contributed by atoms with E-state index in [-0.39, 0.29) is 59.1 Å². The third-order valence-corrected chi connectivity index (χ3v) is 3.65. The molecule has 0 spiro atoms. The van der Waals surface area contributed by atoms with Crippen molar-refractivity contribution in [2.75, 3.05) is 0 Å². The monoisotopic (exact) mass is 390 g/mol. The number of hydrogen-bond acceptors (Lipinski definition) is 5. The molecule has 0 aliphatic heterocycles. The third kappa shape index (κ3) is 32.1. The van der Waals surface area contributed by atoms with Crippen molar-refractivity contribution in [3.8, 4) is 0 Å². The topological polar surface area (TPSA) is 118 Å². The Morgan fingerprint density at radius 3 is 1.46 bits per heavy atom. The summed E-state index contributed by atoms with van der Waals surface area (Å²) in [6.45, 7) is 3.29. The molecule has 1 atom stereocenters. The molecule has 26 heavy (non-hydrogen) atoms. The van der Waals surface area contributed by atoms with Crippen molar-refractivity contribution in [3.63, 3.8) is 0 Å². The van der Waals surface area contributed by atoms with Crippen LogP contribution in [0.1, 0.15) is 90.9 Å². The molecule has 0 saturated heterocycles.